The zero-order valence-electron chi connectivity index (χ0n) is 14.5. The molecule has 0 spiro atoms. The molecule has 0 unspecified atom stereocenters. The van der Waals surface area contributed by atoms with Crippen molar-refractivity contribution in [2.45, 2.75) is 12.8 Å². The van der Waals surface area contributed by atoms with Gasteiger partial charge in [-0.3, -0.25) is 9.59 Å². The molecule has 0 heterocycles. The lowest BCUT2D eigenvalue weighted by Gasteiger charge is -2.12. The Bertz CT molecular complexity index is 807. The number of carbonyl (C=O) groups is 2. The minimum Gasteiger partial charge on any atom is -0.495 e. The van der Waals surface area contributed by atoms with Gasteiger partial charge in [-0.1, -0.05) is 0 Å². The van der Waals surface area contributed by atoms with Gasteiger partial charge in [0.25, 0.3) is 5.91 Å². The van der Waals surface area contributed by atoms with Gasteiger partial charge in [-0.25, -0.2) is 0 Å². The number of hydrogen-bond acceptors (Lipinski definition) is 4. The Kier molecular flexibility index (Phi) is 5.46. The maximum absolute atomic E-state index is 12.5. The van der Waals surface area contributed by atoms with Crippen molar-refractivity contribution >= 4 is 39.1 Å². The monoisotopic (exact) mass is 418 g/mol. The minimum atomic E-state index is -0.288. The molecule has 2 N–H and O–H groups in total. The third-order valence-corrected chi connectivity index (χ3v) is 4.85. The number of halogens is 1. The Morgan fingerprint density at radius 3 is 1.92 bits per heavy atom. The Morgan fingerprint density at radius 2 is 1.46 bits per heavy atom. The number of benzene rings is 2. The van der Waals surface area contributed by atoms with Crippen molar-refractivity contribution in [2.24, 2.45) is 5.92 Å². The molecule has 2 aromatic rings. The summed E-state index contributed by atoms with van der Waals surface area (Å²) in [5.41, 5.74) is 1.75. The number of rotatable bonds is 6. The molecule has 1 saturated carbocycles. The summed E-state index contributed by atoms with van der Waals surface area (Å²) in [6, 6.07) is 10.3. The Hall–Kier alpha value is -2.54. The van der Waals surface area contributed by atoms with Crippen LogP contribution in [0.5, 0.6) is 11.5 Å². The summed E-state index contributed by atoms with van der Waals surface area (Å²) >= 11 is 3.38. The molecule has 2 amide bonds. The predicted octanol–water partition coefficient (Wildman–Crippen LogP) is 4.07. The third kappa shape index (κ3) is 4.16. The van der Waals surface area contributed by atoms with E-state index in [1.54, 1.807) is 36.4 Å². The summed E-state index contributed by atoms with van der Waals surface area (Å²) in [6.45, 7) is 0. The van der Waals surface area contributed by atoms with Crippen molar-refractivity contribution in [3.63, 3.8) is 0 Å². The number of methoxy groups -OCH3 is 2. The fourth-order valence-corrected chi connectivity index (χ4v) is 2.98. The zero-order valence-corrected chi connectivity index (χ0v) is 16.1. The van der Waals surface area contributed by atoms with E-state index >= 15 is 0 Å². The summed E-state index contributed by atoms with van der Waals surface area (Å²) in [5, 5.41) is 5.68. The third-order valence-electron chi connectivity index (χ3n) is 4.07. The van der Waals surface area contributed by atoms with Gasteiger partial charge < -0.3 is 20.1 Å². The van der Waals surface area contributed by atoms with Crippen LogP contribution in [0.1, 0.15) is 23.2 Å². The van der Waals surface area contributed by atoms with Crippen molar-refractivity contribution in [1.29, 1.82) is 0 Å². The zero-order chi connectivity index (χ0) is 18.7. The average molecular weight is 419 g/mol. The van der Waals surface area contributed by atoms with Crippen LogP contribution >= 0.6 is 15.9 Å². The highest BCUT2D eigenvalue weighted by Crippen LogP contribution is 2.36. The van der Waals surface area contributed by atoms with Crippen LogP contribution in [0.15, 0.2) is 40.9 Å². The first kappa shape index (κ1) is 18.3. The second-order valence-electron chi connectivity index (χ2n) is 5.99. The van der Waals surface area contributed by atoms with Crippen LogP contribution < -0.4 is 20.1 Å². The molecule has 1 fully saturated rings. The van der Waals surface area contributed by atoms with Crippen LogP contribution in [0, 0.1) is 5.92 Å². The number of ether oxygens (including phenoxy) is 2. The topological polar surface area (TPSA) is 76.7 Å². The summed E-state index contributed by atoms with van der Waals surface area (Å²) in [5.74, 6) is 0.928. The van der Waals surface area contributed by atoms with Gasteiger partial charge in [0.15, 0.2) is 0 Å². The van der Waals surface area contributed by atoms with Crippen LogP contribution in [0.25, 0.3) is 0 Å². The van der Waals surface area contributed by atoms with Crippen LogP contribution in [-0.4, -0.2) is 26.0 Å². The Morgan fingerprint density at radius 1 is 0.962 bits per heavy atom. The largest absolute Gasteiger partial charge is 0.495 e. The number of hydrogen-bond donors (Lipinski definition) is 2. The summed E-state index contributed by atoms with van der Waals surface area (Å²) in [4.78, 5) is 24.3. The normalized spacial score (nSPS) is 13.0. The van der Waals surface area contributed by atoms with Crippen molar-refractivity contribution < 1.29 is 19.1 Å². The van der Waals surface area contributed by atoms with Crippen molar-refractivity contribution in [1.82, 2.24) is 0 Å². The lowest BCUT2D eigenvalue weighted by Crippen LogP contribution is -2.14. The van der Waals surface area contributed by atoms with Crippen LogP contribution in [0.4, 0.5) is 11.4 Å². The molecule has 136 valence electrons. The minimum absolute atomic E-state index is 0.0517. The molecule has 2 aromatic carbocycles. The van der Waals surface area contributed by atoms with Crippen LogP contribution in [0.2, 0.25) is 0 Å². The number of carbonyl (C=O) groups excluding carboxylic acids is 2. The molecule has 0 aromatic heterocycles. The first-order valence-electron chi connectivity index (χ1n) is 8.15. The van der Waals surface area contributed by atoms with Gasteiger partial charge in [-0.15, -0.1) is 0 Å². The Labute approximate surface area is 160 Å². The molecule has 0 aliphatic heterocycles. The fraction of sp³-hybridized carbons (Fsp3) is 0.263. The van der Waals surface area contributed by atoms with Crippen molar-refractivity contribution in [2.75, 3.05) is 24.9 Å². The van der Waals surface area contributed by atoms with E-state index in [2.05, 4.69) is 26.6 Å². The van der Waals surface area contributed by atoms with E-state index in [0.29, 0.717) is 32.9 Å². The lowest BCUT2D eigenvalue weighted by atomic mass is 10.1. The molecule has 1 aliphatic carbocycles. The smallest absolute Gasteiger partial charge is 0.255 e. The molecule has 0 radical (unpaired) electrons. The van der Waals surface area contributed by atoms with E-state index in [0.717, 1.165) is 12.8 Å². The molecular formula is C19H19BrN2O4. The Balaban J connectivity index is 1.70. The number of amides is 2. The van der Waals surface area contributed by atoms with Crippen molar-refractivity contribution in [3.8, 4) is 11.5 Å². The van der Waals surface area contributed by atoms with Gasteiger partial charge in [0.1, 0.15) is 16.0 Å². The van der Waals surface area contributed by atoms with Gasteiger partial charge in [0, 0.05) is 22.9 Å². The molecule has 3 rings (SSSR count). The van der Waals surface area contributed by atoms with Crippen LogP contribution in [-0.2, 0) is 4.79 Å². The second-order valence-corrected chi connectivity index (χ2v) is 6.78. The highest BCUT2D eigenvalue weighted by molar-refractivity contribution is 9.10. The summed E-state index contributed by atoms with van der Waals surface area (Å²) in [7, 11) is 3.05. The maximum Gasteiger partial charge on any atom is 0.255 e. The fourth-order valence-electron chi connectivity index (χ4n) is 2.43. The van der Waals surface area contributed by atoms with Crippen LogP contribution in [0.3, 0.4) is 0 Å². The van der Waals surface area contributed by atoms with E-state index in [4.69, 9.17) is 9.47 Å². The lowest BCUT2D eigenvalue weighted by molar-refractivity contribution is -0.117. The molecule has 6 nitrogen and oxygen atoms in total. The number of anilines is 2. The maximum atomic E-state index is 12.5. The quantitative estimate of drug-likeness (QED) is 0.740. The van der Waals surface area contributed by atoms with E-state index in [1.165, 1.54) is 14.2 Å². The van der Waals surface area contributed by atoms with E-state index < -0.39 is 0 Å². The summed E-state index contributed by atoms with van der Waals surface area (Å²) < 4.78 is 11.2. The van der Waals surface area contributed by atoms with Gasteiger partial charge in [0.2, 0.25) is 5.91 Å². The molecule has 0 bridgehead atoms. The highest BCUT2D eigenvalue weighted by atomic mass is 79.9. The molecule has 7 heteroatoms. The second kappa shape index (κ2) is 7.78. The first-order chi connectivity index (χ1) is 12.5. The first-order valence-corrected chi connectivity index (χ1v) is 8.95. The van der Waals surface area contributed by atoms with Gasteiger partial charge >= 0.3 is 0 Å². The van der Waals surface area contributed by atoms with E-state index in [9.17, 15) is 9.59 Å². The van der Waals surface area contributed by atoms with Gasteiger partial charge in [-0.2, -0.15) is 0 Å². The molecule has 0 atom stereocenters. The predicted molar refractivity (Wildman–Crippen MR) is 103 cm³/mol. The SMILES string of the molecule is COc1cc(C(=O)Nc2ccc(NC(=O)C3CC3)cc2)cc(OC)c1Br. The highest BCUT2D eigenvalue weighted by Gasteiger charge is 2.29. The number of nitrogens with one attached hydrogen (secondary N) is 2. The molecular weight excluding hydrogens is 400 g/mol. The summed E-state index contributed by atoms with van der Waals surface area (Å²) in [6.07, 6.45) is 1.92. The molecule has 0 saturated heterocycles. The van der Waals surface area contributed by atoms with E-state index in [-0.39, 0.29) is 17.7 Å². The average Bonchev–Trinajstić information content (AvgIpc) is 3.48. The molecule has 1 aliphatic rings. The van der Waals surface area contributed by atoms with Gasteiger partial charge in [0.05, 0.1) is 14.2 Å². The standard InChI is InChI=1S/C19H19BrN2O4/c1-25-15-9-12(10-16(26-2)17(15)20)19(24)22-14-7-5-13(6-8-14)21-18(23)11-3-4-11/h5-11H,3-4H2,1-2H3,(H,21,23)(H,22,24). The van der Waals surface area contributed by atoms with E-state index in [1.807, 2.05) is 0 Å². The van der Waals surface area contributed by atoms with Crippen molar-refractivity contribution in [3.05, 3.63) is 46.4 Å². The molecule has 26 heavy (non-hydrogen) atoms. The van der Waals surface area contributed by atoms with Gasteiger partial charge in [-0.05, 0) is 65.2 Å².